The summed E-state index contributed by atoms with van der Waals surface area (Å²) in [4.78, 5) is 37.0. The van der Waals surface area contributed by atoms with Crippen molar-refractivity contribution in [3.63, 3.8) is 0 Å². The number of benzene rings is 1. The summed E-state index contributed by atoms with van der Waals surface area (Å²) in [7, 11) is 0. The first-order valence-electron chi connectivity index (χ1n) is 7.14. The van der Waals surface area contributed by atoms with Gasteiger partial charge in [0.25, 0.3) is 5.91 Å². The number of urea groups is 1. The number of hydrogen-bond acceptors (Lipinski definition) is 3. The van der Waals surface area contributed by atoms with Crippen LogP contribution in [0.4, 0.5) is 4.79 Å². The lowest BCUT2D eigenvalue weighted by Gasteiger charge is -2.27. The first-order valence-corrected chi connectivity index (χ1v) is 7.14. The summed E-state index contributed by atoms with van der Waals surface area (Å²) >= 11 is 0. The van der Waals surface area contributed by atoms with E-state index in [4.69, 9.17) is 0 Å². The second kappa shape index (κ2) is 5.44. The van der Waals surface area contributed by atoms with Gasteiger partial charge in [-0.15, -0.1) is 0 Å². The molecule has 0 unspecified atom stereocenters. The number of nitrogens with zero attached hydrogens (tertiary/aromatic N) is 1. The fraction of sp³-hybridized carbons (Fsp3) is 0.438. The van der Waals surface area contributed by atoms with E-state index in [0.29, 0.717) is 0 Å². The number of carbonyl (C=O) groups excluding carboxylic acids is 3. The van der Waals surface area contributed by atoms with Gasteiger partial charge in [-0.1, -0.05) is 30.3 Å². The maximum absolute atomic E-state index is 12.2. The van der Waals surface area contributed by atoms with Crippen molar-refractivity contribution < 1.29 is 14.4 Å². The van der Waals surface area contributed by atoms with E-state index in [-0.39, 0.29) is 12.5 Å². The largest absolute Gasteiger partial charge is 0.346 e. The van der Waals surface area contributed by atoms with E-state index in [1.807, 2.05) is 44.2 Å². The molecule has 22 heavy (non-hydrogen) atoms. The number of amides is 4. The van der Waals surface area contributed by atoms with Crippen molar-refractivity contribution in [3.8, 4) is 0 Å². The van der Waals surface area contributed by atoms with E-state index in [0.717, 1.165) is 10.5 Å². The summed E-state index contributed by atoms with van der Waals surface area (Å²) in [5.41, 5.74) is -0.611. The second-order valence-corrected chi connectivity index (χ2v) is 6.49. The van der Waals surface area contributed by atoms with Gasteiger partial charge < -0.3 is 10.6 Å². The van der Waals surface area contributed by atoms with Crippen LogP contribution in [0.3, 0.4) is 0 Å². The summed E-state index contributed by atoms with van der Waals surface area (Å²) in [6.07, 6.45) is 0. The van der Waals surface area contributed by atoms with E-state index >= 15 is 0 Å². The van der Waals surface area contributed by atoms with Gasteiger partial charge in [-0.2, -0.15) is 0 Å². The SMILES string of the molecule is CC1(C)NC(=O)N(CC(=O)NC(C)(C)c2ccccc2)C1=O. The quantitative estimate of drug-likeness (QED) is 0.825. The Balaban J connectivity index is 2.05. The average Bonchev–Trinajstić information content (AvgIpc) is 2.61. The molecule has 1 aromatic carbocycles. The number of nitrogens with one attached hydrogen (secondary N) is 2. The molecule has 1 saturated heterocycles. The van der Waals surface area contributed by atoms with Crippen LogP contribution in [0.2, 0.25) is 0 Å². The molecule has 0 atom stereocenters. The molecule has 0 aliphatic carbocycles. The van der Waals surface area contributed by atoms with E-state index < -0.39 is 23.0 Å². The van der Waals surface area contributed by atoms with E-state index in [9.17, 15) is 14.4 Å². The molecular weight excluding hydrogens is 282 g/mol. The molecule has 1 aliphatic rings. The van der Waals surface area contributed by atoms with E-state index in [1.54, 1.807) is 13.8 Å². The van der Waals surface area contributed by atoms with Crippen molar-refractivity contribution in [3.05, 3.63) is 35.9 Å². The van der Waals surface area contributed by atoms with E-state index in [1.165, 1.54) is 0 Å². The van der Waals surface area contributed by atoms with Crippen molar-refractivity contribution in [1.82, 2.24) is 15.5 Å². The Bertz CT molecular complexity index is 608. The molecule has 2 rings (SSSR count). The zero-order valence-corrected chi connectivity index (χ0v) is 13.3. The molecule has 1 fully saturated rings. The molecule has 4 amide bonds. The van der Waals surface area contributed by atoms with Crippen LogP contribution < -0.4 is 10.6 Å². The first-order chi connectivity index (χ1) is 10.1. The molecule has 2 N–H and O–H groups in total. The van der Waals surface area contributed by atoms with Gasteiger partial charge in [-0.25, -0.2) is 4.79 Å². The smallest absolute Gasteiger partial charge is 0.325 e. The minimum absolute atomic E-state index is 0.287. The minimum atomic E-state index is -0.966. The Labute approximate surface area is 129 Å². The Morgan fingerprint density at radius 1 is 1.23 bits per heavy atom. The standard InChI is InChI=1S/C16H21N3O3/c1-15(2,11-8-6-5-7-9-11)17-12(20)10-19-13(21)16(3,4)18-14(19)22/h5-9H,10H2,1-4H3,(H,17,20)(H,18,22). The van der Waals surface area contributed by atoms with Crippen molar-refractivity contribution in [2.24, 2.45) is 0 Å². The molecule has 0 aromatic heterocycles. The minimum Gasteiger partial charge on any atom is -0.346 e. The third-order valence-corrected chi connectivity index (χ3v) is 3.69. The van der Waals surface area contributed by atoms with Crippen molar-refractivity contribution in [2.45, 2.75) is 38.8 Å². The van der Waals surface area contributed by atoms with Crippen LogP contribution in [0, 0.1) is 0 Å². The topological polar surface area (TPSA) is 78.5 Å². The van der Waals surface area contributed by atoms with Gasteiger partial charge in [0.2, 0.25) is 5.91 Å². The van der Waals surface area contributed by atoms with Crippen LogP contribution in [0.1, 0.15) is 33.3 Å². The highest BCUT2D eigenvalue weighted by molar-refractivity contribution is 6.08. The van der Waals surface area contributed by atoms with Gasteiger partial charge in [-0.3, -0.25) is 14.5 Å². The van der Waals surface area contributed by atoms with Gasteiger partial charge in [0, 0.05) is 0 Å². The molecular formula is C16H21N3O3. The van der Waals surface area contributed by atoms with Gasteiger partial charge in [-0.05, 0) is 33.3 Å². The van der Waals surface area contributed by atoms with Gasteiger partial charge in [0.05, 0.1) is 5.54 Å². The predicted molar refractivity (Wildman–Crippen MR) is 81.9 cm³/mol. The lowest BCUT2D eigenvalue weighted by atomic mass is 9.94. The van der Waals surface area contributed by atoms with Crippen LogP contribution in [0.5, 0.6) is 0 Å². The van der Waals surface area contributed by atoms with Crippen LogP contribution in [0.15, 0.2) is 30.3 Å². The van der Waals surface area contributed by atoms with Gasteiger partial charge in [0.1, 0.15) is 12.1 Å². The number of carbonyl (C=O) groups is 3. The molecule has 0 bridgehead atoms. The third kappa shape index (κ3) is 3.10. The van der Waals surface area contributed by atoms with Crippen LogP contribution in [-0.4, -0.2) is 34.8 Å². The monoisotopic (exact) mass is 303 g/mol. The maximum Gasteiger partial charge on any atom is 0.325 e. The molecule has 118 valence electrons. The molecule has 0 saturated carbocycles. The molecule has 0 radical (unpaired) electrons. The molecule has 6 nitrogen and oxygen atoms in total. The third-order valence-electron chi connectivity index (χ3n) is 3.69. The molecule has 6 heteroatoms. The Morgan fingerprint density at radius 2 is 1.82 bits per heavy atom. The van der Waals surface area contributed by atoms with Gasteiger partial charge in [0.15, 0.2) is 0 Å². The number of imide groups is 1. The Morgan fingerprint density at radius 3 is 2.32 bits per heavy atom. The normalized spacial score (nSPS) is 17.4. The number of rotatable bonds is 4. The van der Waals surface area contributed by atoms with E-state index in [2.05, 4.69) is 10.6 Å². The highest BCUT2D eigenvalue weighted by Crippen LogP contribution is 2.20. The fourth-order valence-electron chi connectivity index (χ4n) is 2.42. The Kier molecular flexibility index (Phi) is 3.96. The van der Waals surface area contributed by atoms with Crippen LogP contribution >= 0.6 is 0 Å². The molecule has 1 aromatic rings. The predicted octanol–water partition coefficient (Wildman–Crippen LogP) is 1.37. The summed E-state index contributed by atoms with van der Waals surface area (Å²) in [6, 6.07) is 8.97. The summed E-state index contributed by atoms with van der Waals surface area (Å²) in [6.45, 7) is 6.68. The second-order valence-electron chi connectivity index (χ2n) is 6.49. The molecule has 0 spiro atoms. The Hall–Kier alpha value is -2.37. The molecule has 1 heterocycles. The van der Waals surface area contributed by atoms with Crippen LogP contribution in [-0.2, 0) is 15.1 Å². The number of hydrogen-bond donors (Lipinski definition) is 2. The van der Waals surface area contributed by atoms with Crippen molar-refractivity contribution in [2.75, 3.05) is 6.54 Å². The zero-order chi connectivity index (χ0) is 16.5. The lowest BCUT2D eigenvalue weighted by Crippen LogP contribution is -2.48. The summed E-state index contributed by atoms with van der Waals surface area (Å²) < 4.78 is 0. The van der Waals surface area contributed by atoms with Crippen molar-refractivity contribution >= 4 is 17.8 Å². The fourth-order valence-corrected chi connectivity index (χ4v) is 2.42. The lowest BCUT2D eigenvalue weighted by molar-refractivity contribution is -0.134. The zero-order valence-electron chi connectivity index (χ0n) is 13.3. The summed E-state index contributed by atoms with van der Waals surface area (Å²) in [5, 5.41) is 5.41. The highest BCUT2D eigenvalue weighted by Gasteiger charge is 2.45. The summed E-state index contributed by atoms with van der Waals surface area (Å²) in [5.74, 6) is -0.778. The maximum atomic E-state index is 12.2. The molecule has 1 aliphatic heterocycles. The van der Waals surface area contributed by atoms with Crippen LogP contribution in [0.25, 0.3) is 0 Å². The van der Waals surface area contributed by atoms with Gasteiger partial charge >= 0.3 is 6.03 Å². The highest BCUT2D eigenvalue weighted by atomic mass is 16.2. The average molecular weight is 303 g/mol. The van der Waals surface area contributed by atoms with Crippen molar-refractivity contribution in [1.29, 1.82) is 0 Å². The first kappa shape index (κ1) is 16.0.